The summed E-state index contributed by atoms with van der Waals surface area (Å²) >= 11 is 0. The van der Waals surface area contributed by atoms with Gasteiger partial charge in [0.1, 0.15) is 12.4 Å². The zero-order valence-corrected chi connectivity index (χ0v) is 10.7. The number of ether oxygens (including phenoxy) is 1. The lowest BCUT2D eigenvalue weighted by Gasteiger charge is -2.26. The van der Waals surface area contributed by atoms with Crippen LogP contribution in [0.15, 0.2) is 40.9 Å². The van der Waals surface area contributed by atoms with Gasteiger partial charge < -0.3 is 19.5 Å². The molecule has 1 aromatic heterocycles. The Bertz CT molecular complexity index is 506. The molecule has 5 heteroatoms. The van der Waals surface area contributed by atoms with Gasteiger partial charge in [-0.1, -0.05) is 23.4 Å². The van der Waals surface area contributed by atoms with Crippen LogP contribution < -0.4 is 15.0 Å². The van der Waals surface area contributed by atoms with Gasteiger partial charge >= 0.3 is 0 Å². The van der Waals surface area contributed by atoms with Crippen molar-refractivity contribution in [2.45, 2.75) is 6.61 Å². The molecule has 3 rings (SSSR count). The molecule has 1 aromatic carbocycles. The molecule has 2 heterocycles. The van der Waals surface area contributed by atoms with Crippen LogP contribution in [0.4, 0.5) is 5.82 Å². The van der Waals surface area contributed by atoms with Crippen LogP contribution in [0.5, 0.6) is 5.75 Å². The predicted molar refractivity (Wildman–Crippen MR) is 72.4 cm³/mol. The maximum atomic E-state index is 5.63. The standard InChI is InChI=1S/C14H17N3O2/c1-2-4-12(5-3-1)18-11-13-10-14(16-19-13)17-8-6-15-7-9-17/h1-5,10,15H,6-9,11H2. The lowest BCUT2D eigenvalue weighted by atomic mass is 10.3. The summed E-state index contributed by atoms with van der Waals surface area (Å²) in [5, 5.41) is 7.41. The second kappa shape index (κ2) is 5.75. The quantitative estimate of drug-likeness (QED) is 0.905. The number of nitrogens with zero attached hydrogens (tertiary/aromatic N) is 2. The molecule has 5 nitrogen and oxygen atoms in total. The van der Waals surface area contributed by atoms with E-state index in [4.69, 9.17) is 9.26 Å². The molecule has 1 saturated heterocycles. The van der Waals surface area contributed by atoms with E-state index in [-0.39, 0.29) is 0 Å². The lowest BCUT2D eigenvalue weighted by Crippen LogP contribution is -2.43. The highest BCUT2D eigenvalue weighted by Gasteiger charge is 2.14. The summed E-state index contributed by atoms with van der Waals surface area (Å²) in [6.45, 7) is 4.31. The number of benzene rings is 1. The molecule has 0 aliphatic carbocycles. The van der Waals surface area contributed by atoms with Gasteiger partial charge in [-0.2, -0.15) is 0 Å². The van der Waals surface area contributed by atoms with Crippen LogP contribution in [0.25, 0.3) is 0 Å². The summed E-state index contributed by atoms with van der Waals surface area (Å²) < 4.78 is 10.9. The Hall–Kier alpha value is -2.01. The van der Waals surface area contributed by atoms with E-state index >= 15 is 0 Å². The van der Waals surface area contributed by atoms with Gasteiger partial charge in [0.15, 0.2) is 11.6 Å². The molecule has 0 spiro atoms. The molecule has 0 amide bonds. The molecule has 1 N–H and O–H groups in total. The number of anilines is 1. The molecule has 0 saturated carbocycles. The van der Waals surface area contributed by atoms with Gasteiger partial charge in [-0.3, -0.25) is 0 Å². The maximum Gasteiger partial charge on any atom is 0.176 e. The fourth-order valence-corrected chi connectivity index (χ4v) is 2.08. The third-order valence-electron chi connectivity index (χ3n) is 3.11. The van der Waals surface area contributed by atoms with Crippen molar-refractivity contribution in [3.05, 3.63) is 42.2 Å². The zero-order chi connectivity index (χ0) is 12.9. The Morgan fingerprint density at radius 1 is 1.21 bits per heavy atom. The number of piperazine rings is 1. The van der Waals surface area contributed by atoms with Crippen molar-refractivity contribution in [3.8, 4) is 5.75 Å². The first kappa shape index (κ1) is 12.0. The molecule has 1 fully saturated rings. The highest BCUT2D eigenvalue weighted by atomic mass is 16.5. The van der Waals surface area contributed by atoms with Crippen molar-refractivity contribution in [3.63, 3.8) is 0 Å². The second-order valence-electron chi connectivity index (χ2n) is 4.49. The number of aromatic nitrogens is 1. The van der Waals surface area contributed by atoms with Crippen molar-refractivity contribution >= 4 is 5.82 Å². The Morgan fingerprint density at radius 2 is 2.00 bits per heavy atom. The van der Waals surface area contributed by atoms with Crippen molar-refractivity contribution < 1.29 is 9.26 Å². The van der Waals surface area contributed by atoms with E-state index in [0.717, 1.165) is 43.5 Å². The summed E-state index contributed by atoms with van der Waals surface area (Å²) in [6.07, 6.45) is 0. The van der Waals surface area contributed by atoms with E-state index in [9.17, 15) is 0 Å². The maximum absolute atomic E-state index is 5.63. The average molecular weight is 259 g/mol. The van der Waals surface area contributed by atoms with E-state index in [2.05, 4.69) is 15.4 Å². The minimum absolute atomic E-state index is 0.406. The molecule has 1 aliphatic heterocycles. The van der Waals surface area contributed by atoms with E-state index in [1.807, 2.05) is 36.4 Å². The molecule has 100 valence electrons. The van der Waals surface area contributed by atoms with Crippen LogP contribution in [-0.4, -0.2) is 31.3 Å². The molecule has 0 radical (unpaired) electrons. The van der Waals surface area contributed by atoms with Gasteiger partial charge in [0.2, 0.25) is 0 Å². The minimum Gasteiger partial charge on any atom is -0.486 e. The highest BCUT2D eigenvalue weighted by Crippen LogP contribution is 2.17. The Kier molecular flexibility index (Phi) is 3.65. The van der Waals surface area contributed by atoms with Crippen molar-refractivity contribution in [1.29, 1.82) is 0 Å². The fraction of sp³-hybridized carbons (Fsp3) is 0.357. The highest BCUT2D eigenvalue weighted by molar-refractivity contribution is 5.38. The summed E-state index contributed by atoms with van der Waals surface area (Å²) in [6, 6.07) is 11.7. The SMILES string of the molecule is c1ccc(OCc2cc(N3CCNCC3)no2)cc1. The third kappa shape index (κ3) is 3.06. The van der Waals surface area contributed by atoms with Gasteiger partial charge in [0.05, 0.1) is 0 Å². The normalized spacial score (nSPS) is 15.5. The van der Waals surface area contributed by atoms with E-state index < -0.39 is 0 Å². The van der Waals surface area contributed by atoms with Gasteiger partial charge in [-0.05, 0) is 12.1 Å². The molecular weight excluding hydrogens is 242 g/mol. The molecule has 2 aromatic rings. The summed E-state index contributed by atoms with van der Waals surface area (Å²) in [7, 11) is 0. The van der Waals surface area contributed by atoms with E-state index in [1.165, 1.54) is 0 Å². The minimum atomic E-state index is 0.406. The monoisotopic (exact) mass is 259 g/mol. The smallest absolute Gasteiger partial charge is 0.176 e. The third-order valence-corrected chi connectivity index (χ3v) is 3.11. The number of rotatable bonds is 4. The number of nitrogens with one attached hydrogen (secondary N) is 1. The Morgan fingerprint density at radius 3 is 2.79 bits per heavy atom. The number of para-hydroxylation sites is 1. The molecular formula is C14H17N3O2. The number of hydrogen-bond donors (Lipinski definition) is 1. The zero-order valence-electron chi connectivity index (χ0n) is 10.7. The average Bonchev–Trinajstić information content (AvgIpc) is 2.96. The van der Waals surface area contributed by atoms with Crippen LogP contribution >= 0.6 is 0 Å². The van der Waals surface area contributed by atoms with E-state index in [0.29, 0.717) is 6.61 Å². The van der Waals surface area contributed by atoms with Crippen LogP contribution in [0.1, 0.15) is 5.76 Å². The second-order valence-corrected chi connectivity index (χ2v) is 4.49. The topological polar surface area (TPSA) is 50.5 Å². The van der Waals surface area contributed by atoms with Crippen molar-refractivity contribution in [2.75, 3.05) is 31.1 Å². The lowest BCUT2D eigenvalue weighted by molar-refractivity contribution is 0.249. The molecule has 0 unspecified atom stereocenters. The van der Waals surface area contributed by atoms with Crippen LogP contribution in [0.3, 0.4) is 0 Å². The van der Waals surface area contributed by atoms with Crippen LogP contribution in [-0.2, 0) is 6.61 Å². The summed E-state index contributed by atoms with van der Waals surface area (Å²) in [5.74, 6) is 2.48. The van der Waals surface area contributed by atoms with Gasteiger partial charge in [0, 0.05) is 32.2 Å². The first-order valence-electron chi connectivity index (χ1n) is 6.51. The fourth-order valence-electron chi connectivity index (χ4n) is 2.08. The van der Waals surface area contributed by atoms with Crippen molar-refractivity contribution in [1.82, 2.24) is 10.5 Å². The Balaban J connectivity index is 1.58. The first-order chi connectivity index (χ1) is 9.42. The van der Waals surface area contributed by atoms with Crippen LogP contribution in [0.2, 0.25) is 0 Å². The Labute approximate surface area is 112 Å². The van der Waals surface area contributed by atoms with Crippen molar-refractivity contribution in [2.24, 2.45) is 0 Å². The summed E-state index contributed by atoms with van der Waals surface area (Å²) in [5.41, 5.74) is 0. The molecule has 0 bridgehead atoms. The molecule has 1 aliphatic rings. The van der Waals surface area contributed by atoms with Crippen LogP contribution in [0, 0.1) is 0 Å². The molecule has 0 atom stereocenters. The first-order valence-corrected chi connectivity index (χ1v) is 6.51. The molecule has 19 heavy (non-hydrogen) atoms. The van der Waals surface area contributed by atoms with Gasteiger partial charge in [-0.25, -0.2) is 0 Å². The van der Waals surface area contributed by atoms with Gasteiger partial charge in [-0.15, -0.1) is 0 Å². The summed E-state index contributed by atoms with van der Waals surface area (Å²) in [4.78, 5) is 2.21. The largest absolute Gasteiger partial charge is 0.486 e. The predicted octanol–water partition coefficient (Wildman–Crippen LogP) is 1.66. The van der Waals surface area contributed by atoms with Gasteiger partial charge in [0.25, 0.3) is 0 Å². The van der Waals surface area contributed by atoms with E-state index in [1.54, 1.807) is 0 Å². The number of hydrogen-bond acceptors (Lipinski definition) is 5.